The molecule has 6 heteroatoms. The average molecular weight is 352 g/mol. The van der Waals surface area contributed by atoms with Crippen LogP contribution in [0.15, 0.2) is 36.4 Å². The number of halogens is 1. The number of hydrogen-bond acceptors (Lipinski definition) is 5. The van der Waals surface area contributed by atoms with Crippen LogP contribution in [0.2, 0.25) is 0 Å². The molecule has 0 amide bonds. The standard InChI is InChI=1S/C18H21NO4.ClH/c1-12(13-7-8-15(20-2)17(9-13)21-3)19-10-14-5-4-6-16-18(14)23-11-22-16;/h4-9,12,19H,10-11H2,1-3H3;1H. The van der Waals surface area contributed by atoms with Crippen LogP contribution in [-0.2, 0) is 6.54 Å². The molecule has 130 valence electrons. The predicted octanol–water partition coefficient (Wildman–Crippen LogP) is 3.71. The lowest BCUT2D eigenvalue weighted by atomic mass is 10.1. The van der Waals surface area contributed by atoms with Crippen molar-refractivity contribution in [2.24, 2.45) is 0 Å². The summed E-state index contributed by atoms with van der Waals surface area (Å²) in [5.74, 6) is 3.11. The van der Waals surface area contributed by atoms with Gasteiger partial charge in [-0.15, -0.1) is 12.4 Å². The van der Waals surface area contributed by atoms with Crippen LogP contribution in [0.5, 0.6) is 23.0 Å². The number of methoxy groups -OCH3 is 2. The van der Waals surface area contributed by atoms with Gasteiger partial charge in [0.25, 0.3) is 0 Å². The monoisotopic (exact) mass is 351 g/mol. The van der Waals surface area contributed by atoms with Gasteiger partial charge in [0.15, 0.2) is 23.0 Å². The highest BCUT2D eigenvalue weighted by molar-refractivity contribution is 5.85. The topological polar surface area (TPSA) is 49.0 Å². The number of para-hydroxylation sites is 1. The highest BCUT2D eigenvalue weighted by Crippen LogP contribution is 2.35. The molecule has 5 nitrogen and oxygen atoms in total. The fourth-order valence-corrected chi connectivity index (χ4v) is 2.63. The maximum absolute atomic E-state index is 5.54. The van der Waals surface area contributed by atoms with Crippen LogP contribution in [0.25, 0.3) is 0 Å². The molecule has 0 saturated carbocycles. The first kappa shape index (κ1) is 18.2. The number of rotatable bonds is 6. The van der Waals surface area contributed by atoms with Crippen molar-refractivity contribution in [2.75, 3.05) is 21.0 Å². The minimum atomic E-state index is 0. The van der Waals surface area contributed by atoms with Crippen LogP contribution in [0.1, 0.15) is 24.1 Å². The van der Waals surface area contributed by atoms with Crippen molar-refractivity contribution in [3.8, 4) is 23.0 Å². The van der Waals surface area contributed by atoms with Crippen molar-refractivity contribution in [2.45, 2.75) is 19.5 Å². The summed E-state index contributed by atoms with van der Waals surface area (Å²) in [5.41, 5.74) is 2.22. The smallest absolute Gasteiger partial charge is 0.231 e. The fraction of sp³-hybridized carbons (Fsp3) is 0.333. The molecule has 1 atom stereocenters. The molecule has 0 aliphatic carbocycles. The minimum absolute atomic E-state index is 0. The summed E-state index contributed by atoms with van der Waals surface area (Å²) in [5, 5.41) is 3.50. The van der Waals surface area contributed by atoms with E-state index in [9.17, 15) is 0 Å². The van der Waals surface area contributed by atoms with E-state index < -0.39 is 0 Å². The second-order valence-corrected chi connectivity index (χ2v) is 5.37. The number of nitrogens with one attached hydrogen (secondary N) is 1. The van der Waals surface area contributed by atoms with E-state index >= 15 is 0 Å². The molecule has 2 aromatic carbocycles. The first-order valence-corrected chi connectivity index (χ1v) is 7.55. The molecule has 1 N–H and O–H groups in total. The van der Waals surface area contributed by atoms with Crippen LogP contribution in [-0.4, -0.2) is 21.0 Å². The maximum Gasteiger partial charge on any atom is 0.231 e. The summed E-state index contributed by atoms with van der Waals surface area (Å²) in [6.45, 7) is 3.10. The Morgan fingerprint density at radius 3 is 2.62 bits per heavy atom. The maximum atomic E-state index is 5.54. The summed E-state index contributed by atoms with van der Waals surface area (Å²) < 4.78 is 21.6. The third-order valence-corrected chi connectivity index (χ3v) is 3.98. The van der Waals surface area contributed by atoms with Gasteiger partial charge >= 0.3 is 0 Å². The largest absolute Gasteiger partial charge is 0.493 e. The number of hydrogen-bond donors (Lipinski definition) is 1. The second-order valence-electron chi connectivity index (χ2n) is 5.37. The van der Waals surface area contributed by atoms with E-state index in [2.05, 4.69) is 12.2 Å². The van der Waals surface area contributed by atoms with Gasteiger partial charge in [0.2, 0.25) is 6.79 Å². The Morgan fingerprint density at radius 2 is 1.88 bits per heavy atom. The first-order chi connectivity index (χ1) is 11.2. The van der Waals surface area contributed by atoms with Crippen molar-refractivity contribution in [1.82, 2.24) is 5.32 Å². The highest BCUT2D eigenvalue weighted by Gasteiger charge is 2.17. The Morgan fingerprint density at radius 1 is 1.08 bits per heavy atom. The van der Waals surface area contributed by atoms with Crippen molar-refractivity contribution >= 4 is 12.4 Å². The molecule has 1 heterocycles. The lowest BCUT2D eigenvalue weighted by molar-refractivity contribution is 0.173. The molecule has 2 aromatic rings. The second kappa shape index (κ2) is 8.13. The summed E-state index contributed by atoms with van der Waals surface area (Å²) in [6.07, 6.45) is 0. The van der Waals surface area contributed by atoms with Crippen LogP contribution in [0, 0.1) is 0 Å². The zero-order chi connectivity index (χ0) is 16.2. The zero-order valence-corrected chi connectivity index (χ0v) is 14.8. The highest BCUT2D eigenvalue weighted by atomic mass is 35.5. The van der Waals surface area contributed by atoms with E-state index in [1.165, 1.54) is 0 Å². The van der Waals surface area contributed by atoms with Gasteiger partial charge in [0.1, 0.15) is 0 Å². The fourth-order valence-electron chi connectivity index (χ4n) is 2.63. The summed E-state index contributed by atoms with van der Waals surface area (Å²) in [7, 11) is 3.28. The van der Waals surface area contributed by atoms with Gasteiger partial charge < -0.3 is 24.3 Å². The van der Waals surface area contributed by atoms with E-state index in [4.69, 9.17) is 18.9 Å². The quantitative estimate of drug-likeness (QED) is 0.859. The Hall–Kier alpha value is -2.11. The van der Waals surface area contributed by atoms with Crippen LogP contribution in [0.3, 0.4) is 0 Å². The Labute approximate surface area is 148 Å². The van der Waals surface area contributed by atoms with E-state index in [0.29, 0.717) is 6.54 Å². The van der Waals surface area contributed by atoms with Crippen LogP contribution in [0.4, 0.5) is 0 Å². The molecule has 1 unspecified atom stereocenters. The summed E-state index contributed by atoms with van der Waals surface area (Å²) >= 11 is 0. The van der Waals surface area contributed by atoms with Gasteiger partial charge in [-0.1, -0.05) is 18.2 Å². The van der Waals surface area contributed by atoms with E-state index in [-0.39, 0.29) is 25.2 Å². The average Bonchev–Trinajstić information content (AvgIpc) is 3.08. The molecule has 1 aliphatic rings. The van der Waals surface area contributed by atoms with Gasteiger partial charge in [0.05, 0.1) is 14.2 Å². The van der Waals surface area contributed by atoms with Gasteiger partial charge in [-0.2, -0.15) is 0 Å². The number of benzene rings is 2. The number of fused-ring (bicyclic) bond motifs is 1. The van der Waals surface area contributed by atoms with Gasteiger partial charge in [-0.05, 0) is 30.7 Å². The molecule has 0 bridgehead atoms. The molecule has 0 spiro atoms. The molecule has 3 rings (SSSR count). The Kier molecular flexibility index (Phi) is 6.17. The molecule has 0 radical (unpaired) electrons. The molecule has 1 aliphatic heterocycles. The molecule has 0 fully saturated rings. The van der Waals surface area contributed by atoms with Crippen molar-refractivity contribution in [3.63, 3.8) is 0 Å². The van der Waals surface area contributed by atoms with E-state index in [1.807, 2.05) is 36.4 Å². The number of ether oxygens (including phenoxy) is 4. The zero-order valence-electron chi connectivity index (χ0n) is 14.0. The van der Waals surface area contributed by atoms with E-state index in [0.717, 1.165) is 34.1 Å². The molecule has 0 aromatic heterocycles. The summed E-state index contributed by atoms with van der Waals surface area (Å²) in [4.78, 5) is 0. The lowest BCUT2D eigenvalue weighted by Gasteiger charge is -2.17. The third kappa shape index (κ3) is 3.68. The normalized spacial score (nSPS) is 13.1. The van der Waals surface area contributed by atoms with Gasteiger partial charge in [-0.25, -0.2) is 0 Å². The van der Waals surface area contributed by atoms with Crippen molar-refractivity contribution in [3.05, 3.63) is 47.5 Å². The van der Waals surface area contributed by atoms with E-state index in [1.54, 1.807) is 14.2 Å². The Bertz CT molecular complexity index is 693. The Balaban J connectivity index is 0.00000208. The predicted molar refractivity (Wildman–Crippen MR) is 94.6 cm³/mol. The SMILES string of the molecule is COc1ccc(C(C)NCc2cccc3c2OCO3)cc1OC.Cl. The van der Waals surface area contributed by atoms with Gasteiger partial charge in [-0.3, -0.25) is 0 Å². The van der Waals surface area contributed by atoms with Gasteiger partial charge in [0, 0.05) is 18.2 Å². The van der Waals surface area contributed by atoms with Crippen LogP contribution >= 0.6 is 12.4 Å². The van der Waals surface area contributed by atoms with Crippen LogP contribution < -0.4 is 24.3 Å². The van der Waals surface area contributed by atoms with Crippen molar-refractivity contribution in [1.29, 1.82) is 0 Å². The molecule has 24 heavy (non-hydrogen) atoms. The molecular formula is C18H22ClNO4. The molecular weight excluding hydrogens is 330 g/mol. The lowest BCUT2D eigenvalue weighted by Crippen LogP contribution is -2.18. The third-order valence-electron chi connectivity index (χ3n) is 3.98. The van der Waals surface area contributed by atoms with Crippen molar-refractivity contribution < 1.29 is 18.9 Å². The summed E-state index contributed by atoms with van der Waals surface area (Å²) in [6, 6.07) is 12.0. The minimum Gasteiger partial charge on any atom is -0.493 e. The molecule has 0 saturated heterocycles. The first-order valence-electron chi connectivity index (χ1n) is 7.55.